The van der Waals surface area contributed by atoms with Crippen molar-refractivity contribution < 1.29 is 28.4 Å². The first-order valence-corrected chi connectivity index (χ1v) is 7.26. The zero-order valence-electron chi connectivity index (χ0n) is 14.4. The summed E-state index contributed by atoms with van der Waals surface area (Å²) in [6, 6.07) is 20.7. The second-order valence-corrected chi connectivity index (χ2v) is 5.11. The van der Waals surface area contributed by atoms with E-state index in [9.17, 15) is 9.59 Å². The van der Waals surface area contributed by atoms with Gasteiger partial charge in [-0.1, -0.05) is 48.2 Å². The number of fused-ring (bicyclic) bond motifs is 1. The van der Waals surface area contributed by atoms with E-state index in [0.717, 1.165) is 16.5 Å². The van der Waals surface area contributed by atoms with Gasteiger partial charge in [0.05, 0.1) is 12.8 Å². The Bertz CT molecular complexity index is 865. The fourth-order valence-corrected chi connectivity index (χ4v) is 2.37. The van der Waals surface area contributed by atoms with Crippen molar-refractivity contribution in [1.29, 1.82) is 0 Å². The summed E-state index contributed by atoms with van der Waals surface area (Å²) < 4.78 is 0. The summed E-state index contributed by atoms with van der Waals surface area (Å²) in [7, 11) is 0. The number of amides is 1. The molecule has 3 rings (SSSR count). The summed E-state index contributed by atoms with van der Waals surface area (Å²) >= 11 is 0. The van der Waals surface area contributed by atoms with Crippen molar-refractivity contribution in [2.45, 2.75) is 0 Å². The van der Waals surface area contributed by atoms with Gasteiger partial charge in [-0.15, -0.1) is 11.6 Å². The van der Waals surface area contributed by atoms with Crippen LogP contribution in [0.5, 0.6) is 0 Å². The number of rotatable bonds is 5. The number of anilines is 2. The minimum Gasteiger partial charge on any atom is -0.428 e. The Hall–Kier alpha value is -2.54. The second kappa shape index (κ2) is 9.68. The van der Waals surface area contributed by atoms with Crippen molar-refractivity contribution in [3.63, 3.8) is 0 Å². The summed E-state index contributed by atoms with van der Waals surface area (Å²) in [6.07, 6.45) is 1.84. The van der Waals surface area contributed by atoms with E-state index in [1.165, 1.54) is 0 Å². The molecule has 0 spiro atoms. The van der Waals surface area contributed by atoms with Gasteiger partial charge < -0.3 is 22.9 Å². The minimum absolute atomic E-state index is 0. The smallest absolute Gasteiger partial charge is 0.428 e. The largest absolute Gasteiger partial charge is 1.00 e. The van der Waals surface area contributed by atoms with E-state index in [1.54, 1.807) is 24.3 Å². The topological polar surface area (TPSA) is 58.2 Å². The molecule has 0 saturated carbocycles. The number of para-hydroxylation sites is 1. The molecule has 0 aromatic heterocycles. The molecular weight excluding hydrogens is 307 g/mol. The molecule has 0 aliphatic rings. The predicted molar refractivity (Wildman–Crippen MR) is 98.7 cm³/mol. The molecule has 4 nitrogen and oxygen atoms in total. The Morgan fingerprint density at radius 2 is 1.60 bits per heavy atom. The molecule has 122 valence electrons. The first-order valence-electron chi connectivity index (χ1n) is 7.26. The van der Waals surface area contributed by atoms with E-state index in [-0.39, 0.29) is 38.7 Å². The van der Waals surface area contributed by atoms with E-state index in [2.05, 4.69) is 10.6 Å². The van der Waals surface area contributed by atoms with Gasteiger partial charge in [0.1, 0.15) is 0 Å². The van der Waals surface area contributed by atoms with Crippen LogP contribution < -0.4 is 29.5 Å². The number of hydrogen-bond acceptors (Lipinski definition) is 3. The molecule has 0 aliphatic carbocycles. The van der Waals surface area contributed by atoms with Crippen LogP contribution in [-0.2, 0) is 9.59 Å². The van der Waals surface area contributed by atoms with Crippen molar-refractivity contribution >= 4 is 34.3 Å². The third-order valence-corrected chi connectivity index (χ3v) is 3.51. The summed E-state index contributed by atoms with van der Waals surface area (Å²) in [6.45, 7) is 0.0749. The molecular formula is C20H18LiN2O2-. The van der Waals surface area contributed by atoms with Crippen LogP contribution >= 0.6 is 0 Å². The second-order valence-electron chi connectivity index (χ2n) is 5.11. The van der Waals surface area contributed by atoms with Gasteiger partial charge in [-0.2, -0.15) is 6.07 Å². The van der Waals surface area contributed by atoms with Crippen LogP contribution in [0.2, 0.25) is 0 Å². The van der Waals surface area contributed by atoms with E-state index in [4.69, 9.17) is 0 Å². The molecule has 0 unspecified atom stereocenters. The molecule has 3 aromatic carbocycles. The number of carbonyl (C=O) groups is 1. The first-order chi connectivity index (χ1) is 11.3. The number of nitrogens with one attached hydrogen (secondary N) is 2. The van der Waals surface area contributed by atoms with E-state index >= 15 is 0 Å². The SMILES string of the molecule is O=[C-]c1ccccc1NCC(=O)Nc1ccc2ccccc2c1.[CH3-].[Li+]. The van der Waals surface area contributed by atoms with Gasteiger partial charge in [-0.05, 0) is 22.9 Å². The van der Waals surface area contributed by atoms with Crippen molar-refractivity contribution in [3.05, 3.63) is 79.7 Å². The molecule has 3 aromatic rings. The molecule has 0 bridgehead atoms. The molecule has 0 heterocycles. The zero-order valence-corrected chi connectivity index (χ0v) is 14.4. The standard InChI is InChI=1S/C19H15N2O2.CH3.Li/c22-13-16-7-3-4-8-18(16)20-12-19(23)21-17-10-9-14-5-1-2-6-15(14)11-17;;/h1-11,20H,12H2,(H,21,23);1H3;/q2*-1;+1. The van der Waals surface area contributed by atoms with Crippen LogP contribution in [0.4, 0.5) is 11.4 Å². The van der Waals surface area contributed by atoms with Gasteiger partial charge in [-0.25, -0.2) is 0 Å². The summed E-state index contributed by atoms with van der Waals surface area (Å²) in [4.78, 5) is 22.9. The Morgan fingerprint density at radius 1 is 0.920 bits per heavy atom. The molecule has 2 N–H and O–H groups in total. The first kappa shape index (κ1) is 20.5. The quantitative estimate of drug-likeness (QED) is 0.539. The van der Waals surface area contributed by atoms with E-state index in [0.29, 0.717) is 11.3 Å². The molecule has 0 atom stereocenters. The van der Waals surface area contributed by atoms with Gasteiger partial charge in [0.15, 0.2) is 0 Å². The van der Waals surface area contributed by atoms with Gasteiger partial charge in [0.25, 0.3) is 0 Å². The van der Waals surface area contributed by atoms with Gasteiger partial charge in [0.2, 0.25) is 5.91 Å². The minimum atomic E-state index is -0.180. The average Bonchev–Trinajstić information content (AvgIpc) is 2.60. The van der Waals surface area contributed by atoms with E-state index in [1.807, 2.05) is 48.8 Å². The molecule has 0 radical (unpaired) electrons. The van der Waals surface area contributed by atoms with Crippen LogP contribution in [0.1, 0.15) is 5.56 Å². The van der Waals surface area contributed by atoms with E-state index < -0.39 is 0 Å². The molecule has 0 fully saturated rings. The van der Waals surface area contributed by atoms with Crippen molar-refractivity contribution in [2.75, 3.05) is 17.2 Å². The van der Waals surface area contributed by atoms with Crippen molar-refractivity contribution in [2.24, 2.45) is 0 Å². The van der Waals surface area contributed by atoms with Gasteiger partial charge >= 0.3 is 18.9 Å². The maximum Gasteiger partial charge on any atom is 1.00 e. The maximum atomic E-state index is 12.0. The Kier molecular flexibility index (Phi) is 7.94. The Morgan fingerprint density at radius 3 is 2.36 bits per heavy atom. The van der Waals surface area contributed by atoms with Crippen LogP contribution in [0.25, 0.3) is 10.8 Å². The van der Waals surface area contributed by atoms with Crippen LogP contribution in [-0.4, -0.2) is 18.7 Å². The third kappa shape index (κ3) is 5.22. The van der Waals surface area contributed by atoms with Crippen LogP contribution in [0.15, 0.2) is 66.7 Å². The fourth-order valence-electron chi connectivity index (χ4n) is 2.37. The summed E-state index contributed by atoms with van der Waals surface area (Å²) in [5.41, 5.74) is 1.74. The average molecular weight is 325 g/mol. The fraction of sp³-hybridized carbons (Fsp3) is 0.0500. The number of carbonyl (C=O) groups excluding carboxylic acids is 2. The van der Waals surface area contributed by atoms with Crippen LogP contribution in [0.3, 0.4) is 0 Å². The number of benzene rings is 3. The molecule has 0 aliphatic heterocycles. The molecule has 1 amide bonds. The summed E-state index contributed by atoms with van der Waals surface area (Å²) in [5, 5.41) is 7.98. The maximum absolute atomic E-state index is 12.0. The Labute approximate surface area is 159 Å². The zero-order chi connectivity index (χ0) is 16.1. The normalized spacial score (nSPS) is 9.44. The molecule has 25 heavy (non-hydrogen) atoms. The van der Waals surface area contributed by atoms with Crippen LogP contribution in [0, 0.1) is 7.43 Å². The van der Waals surface area contributed by atoms with Crippen molar-refractivity contribution in [3.8, 4) is 0 Å². The molecule has 0 saturated heterocycles. The monoisotopic (exact) mass is 325 g/mol. The summed E-state index contributed by atoms with van der Waals surface area (Å²) in [5.74, 6) is -0.180. The number of hydrogen-bond donors (Lipinski definition) is 2. The van der Waals surface area contributed by atoms with Gasteiger partial charge in [0, 0.05) is 5.69 Å². The Balaban J connectivity index is 0.00000156. The predicted octanol–water partition coefficient (Wildman–Crippen LogP) is 0.802. The third-order valence-electron chi connectivity index (χ3n) is 3.51. The van der Waals surface area contributed by atoms with Gasteiger partial charge in [-0.3, -0.25) is 4.79 Å². The van der Waals surface area contributed by atoms with Crippen molar-refractivity contribution in [1.82, 2.24) is 0 Å². The molecule has 5 heteroatoms.